The van der Waals surface area contributed by atoms with Crippen molar-refractivity contribution in [3.8, 4) is 0 Å². The second-order valence-electron chi connectivity index (χ2n) is 7.31. The van der Waals surface area contributed by atoms with Crippen LogP contribution < -0.4 is 5.73 Å². The molecule has 4 heteroatoms. The molecule has 1 unspecified atom stereocenters. The Balaban J connectivity index is 1.71. The SMILES string of the molecule is CN(C)CCN1CCN(C(CN)CC2CCCCC2)CC1. The zero-order valence-electron chi connectivity index (χ0n) is 14.3. The highest BCUT2D eigenvalue weighted by molar-refractivity contribution is 4.82. The van der Waals surface area contributed by atoms with Crippen molar-refractivity contribution in [2.24, 2.45) is 11.7 Å². The molecule has 2 fully saturated rings. The number of hydrogen-bond donors (Lipinski definition) is 1. The van der Waals surface area contributed by atoms with Gasteiger partial charge in [-0.25, -0.2) is 0 Å². The van der Waals surface area contributed by atoms with Crippen molar-refractivity contribution in [3.63, 3.8) is 0 Å². The zero-order chi connectivity index (χ0) is 15.1. The first kappa shape index (κ1) is 17.2. The number of piperazine rings is 1. The van der Waals surface area contributed by atoms with E-state index >= 15 is 0 Å². The average molecular weight is 297 g/mol. The number of likely N-dealkylation sites (N-methyl/N-ethyl adjacent to an activating group) is 1. The Hall–Kier alpha value is -0.160. The Labute approximate surface area is 131 Å². The lowest BCUT2D eigenvalue weighted by Gasteiger charge is -2.40. The molecule has 4 nitrogen and oxygen atoms in total. The highest BCUT2D eigenvalue weighted by Gasteiger charge is 2.25. The number of rotatable bonds is 7. The molecule has 1 saturated heterocycles. The van der Waals surface area contributed by atoms with Crippen LogP contribution in [0.1, 0.15) is 38.5 Å². The van der Waals surface area contributed by atoms with Gasteiger partial charge in [0.15, 0.2) is 0 Å². The van der Waals surface area contributed by atoms with Crippen molar-refractivity contribution in [1.82, 2.24) is 14.7 Å². The number of nitrogens with two attached hydrogens (primary N) is 1. The lowest BCUT2D eigenvalue weighted by molar-refractivity contribution is 0.0804. The Morgan fingerprint density at radius 3 is 2.29 bits per heavy atom. The molecular formula is C17H36N4. The molecule has 0 aromatic heterocycles. The minimum atomic E-state index is 0.629. The van der Waals surface area contributed by atoms with E-state index in [1.807, 2.05) is 0 Å². The summed E-state index contributed by atoms with van der Waals surface area (Å²) in [6.07, 6.45) is 8.57. The smallest absolute Gasteiger partial charge is 0.0222 e. The summed E-state index contributed by atoms with van der Waals surface area (Å²) in [6.45, 7) is 8.07. The summed E-state index contributed by atoms with van der Waals surface area (Å²) in [4.78, 5) is 7.55. The van der Waals surface area contributed by atoms with Gasteiger partial charge in [-0.1, -0.05) is 32.1 Å². The Morgan fingerprint density at radius 2 is 1.71 bits per heavy atom. The topological polar surface area (TPSA) is 35.7 Å². The van der Waals surface area contributed by atoms with Crippen LogP contribution in [-0.4, -0.2) is 80.7 Å². The van der Waals surface area contributed by atoms with Gasteiger partial charge in [0.1, 0.15) is 0 Å². The minimum absolute atomic E-state index is 0.629. The molecule has 1 heterocycles. The highest BCUT2D eigenvalue weighted by atomic mass is 15.3. The first-order valence-electron chi connectivity index (χ1n) is 9.00. The maximum atomic E-state index is 6.09. The molecule has 1 aliphatic carbocycles. The second-order valence-corrected chi connectivity index (χ2v) is 7.31. The molecule has 2 aliphatic rings. The van der Waals surface area contributed by atoms with Crippen LogP contribution >= 0.6 is 0 Å². The maximum Gasteiger partial charge on any atom is 0.0222 e. The van der Waals surface area contributed by atoms with E-state index in [9.17, 15) is 0 Å². The Morgan fingerprint density at radius 1 is 1.05 bits per heavy atom. The largest absolute Gasteiger partial charge is 0.329 e. The van der Waals surface area contributed by atoms with E-state index in [0.717, 1.165) is 12.5 Å². The fourth-order valence-corrected chi connectivity index (χ4v) is 3.90. The molecular weight excluding hydrogens is 260 g/mol. The molecule has 0 amide bonds. The van der Waals surface area contributed by atoms with Gasteiger partial charge >= 0.3 is 0 Å². The first-order valence-corrected chi connectivity index (χ1v) is 9.00. The van der Waals surface area contributed by atoms with E-state index in [0.29, 0.717) is 6.04 Å². The van der Waals surface area contributed by atoms with Crippen LogP contribution in [0.4, 0.5) is 0 Å². The summed E-state index contributed by atoms with van der Waals surface area (Å²) in [5.41, 5.74) is 6.09. The van der Waals surface area contributed by atoms with Crippen molar-refractivity contribution in [2.45, 2.75) is 44.6 Å². The van der Waals surface area contributed by atoms with E-state index in [-0.39, 0.29) is 0 Å². The quantitative estimate of drug-likeness (QED) is 0.772. The molecule has 0 bridgehead atoms. The summed E-state index contributed by atoms with van der Waals surface area (Å²) in [5.74, 6) is 0.944. The van der Waals surface area contributed by atoms with Gasteiger partial charge in [-0.3, -0.25) is 9.80 Å². The summed E-state index contributed by atoms with van der Waals surface area (Å²) < 4.78 is 0. The predicted molar refractivity (Wildman–Crippen MR) is 90.6 cm³/mol. The second kappa shape index (κ2) is 9.09. The van der Waals surface area contributed by atoms with Gasteiger partial charge in [0.25, 0.3) is 0 Å². The Bertz CT molecular complexity index is 268. The van der Waals surface area contributed by atoms with E-state index < -0.39 is 0 Å². The van der Waals surface area contributed by atoms with E-state index in [1.54, 1.807) is 0 Å². The Kier molecular flexibility index (Phi) is 7.44. The van der Waals surface area contributed by atoms with E-state index in [4.69, 9.17) is 5.73 Å². The fraction of sp³-hybridized carbons (Fsp3) is 1.00. The van der Waals surface area contributed by atoms with Crippen LogP contribution in [0.15, 0.2) is 0 Å². The zero-order valence-corrected chi connectivity index (χ0v) is 14.3. The molecule has 1 atom stereocenters. The van der Waals surface area contributed by atoms with E-state index in [2.05, 4.69) is 28.8 Å². The van der Waals surface area contributed by atoms with Crippen molar-refractivity contribution >= 4 is 0 Å². The lowest BCUT2D eigenvalue weighted by Crippen LogP contribution is -2.53. The lowest BCUT2D eigenvalue weighted by atomic mass is 9.84. The summed E-state index contributed by atoms with van der Waals surface area (Å²) in [5, 5.41) is 0. The average Bonchev–Trinajstić information content (AvgIpc) is 2.52. The molecule has 0 aromatic rings. The van der Waals surface area contributed by atoms with Crippen molar-refractivity contribution in [3.05, 3.63) is 0 Å². The van der Waals surface area contributed by atoms with Gasteiger partial charge in [-0.2, -0.15) is 0 Å². The van der Waals surface area contributed by atoms with Crippen LogP contribution in [0.5, 0.6) is 0 Å². The highest BCUT2D eigenvalue weighted by Crippen LogP contribution is 2.28. The van der Waals surface area contributed by atoms with Crippen LogP contribution in [0.3, 0.4) is 0 Å². The summed E-state index contributed by atoms with van der Waals surface area (Å²) in [7, 11) is 4.32. The third kappa shape index (κ3) is 5.85. The van der Waals surface area contributed by atoms with Gasteiger partial charge in [0.05, 0.1) is 0 Å². The molecule has 124 valence electrons. The number of nitrogens with zero attached hydrogens (tertiary/aromatic N) is 3. The minimum Gasteiger partial charge on any atom is -0.329 e. The van der Waals surface area contributed by atoms with E-state index in [1.165, 1.54) is 77.8 Å². The maximum absolute atomic E-state index is 6.09. The first-order chi connectivity index (χ1) is 10.2. The van der Waals surface area contributed by atoms with Gasteiger partial charge in [-0.05, 0) is 26.4 Å². The normalized spacial score (nSPS) is 24.6. The number of hydrogen-bond acceptors (Lipinski definition) is 4. The van der Waals surface area contributed by atoms with Crippen LogP contribution in [0.2, 0.25) is 0 Å². The van der Waals surface area contributed by atoms with Gasteiger partial charge in [-0.15, -0.1) is 0 Å². The molecule has 1 aliphatic heterocycles. The fourth-order valence-electron chi connectivity index (χ4n) is 3.90. The van der Waals surface area contributed by atoms with Crippen LogP contribution in [0.25, 0.3) is 0 Å². The van der Waals surface area contributed by atoms with Gasteiger partial charge in [0, 0.05) is 51.9 Å². The van der Waals surface area contributed by atoms with Gasteiger partial charge < -0.3 is 10.6 Å². The monoisotopic (exact) mass is 296 g/mol. The molecule has 0 spiro atoms. The summed E-state index contributed by atoms with van der Waals surface area (Å²) in [6, 6.07) is 0.629. The van der Waals surface area contributed by atoms with Crippen LogP contribution in [-0.2, 0) is 0 Å². The third-order valence-electron chi connectivity index (χ3n) is 5.39. The van der Waals surface area contributed by atoms with Crippen molar-refractivity contribution in [2.75, 3.05) is 59.9 Å². The third-order valence-corrected chi connectivity index (χ3v) is 5.39. The molecule has 2 N–H and O–H groups in total. The molecule has 1 saturated carbocycles. The molecule has 0 aromatic carbocycles. The van der Waals surface area contributed by atoms with Crippen molar-refractivity contribution in [1.29, 1.82) is 0 Å². The molecule has 0 radical (unpaired) electrons. The summed E-state index contributed by atoms with van der Waals surface area (Å²) >= 11 is 0. The van der Waals surface area contributed by atoms with Crippen molar-refractivity contribution < 1.29 is 0 Å². The van der Waals surface area contributed by atoms with Crippen LogP contribution in [0, 0.1) is 5.92 Å². The standard InChI is InChI=1S/C17H36N4/c1-19(2)8-9-20-10-12-21(13-11-20)17(15-18)14-16-6-4-3-5-7-16/h16-17H,3-15,18H2,1-2H3. The van der Waals surface area contributed by atoms with Gasteiger partial charge in [0.2, 0.25) is 0 Å². The predicted octanol–water partition coefficient (Wildman–Crippen LogP) is 1.46. The molecule has 2 rings (SSSR count). The molecule has 21 heavy (non-hydrogen) atoms.